The molecule has 2 aliphatic rings. The first-order valence-corrected chi connectivity index (χ1v) is 12.9. The molecule has 4 heterocycles. The lowest BCUT2D eigenvalue weighted by Crippen LogP contribution is -2.32. The van der Waals surface area contributed by atoms with Gasteiger partial charge in [-0.15, -0.1) is 0 Å². The van der Waals surface area contributed by atoms with Gasteiger partial charge in [0.25, 0.3) is 0 Å². The van der Waals surface area contributed by atoms with Crippen LogP contribution in [0.15, 0.2) is 55.0 Å². The van der Waals surface area contributed by atoms with Crippen LogP contribution in [0, 0.1) is 17.7 Å². The van der Waals surface area contributed by atoms with Gasteiger partial charge in [-0.3, -0.25) is 5.10 Å². The predicted molar refractivity (Wildman–Crippen MR) is 142 cm³/mol. The molecule has 8 nitrogen and oxygen atoms in total. The van der Waals surface area contributed by atoms with Crippen molar-refractivity contribution in [2.75, 3.05) is 24.5 Å². The van der Waals surface area contributed by atoms with Gasteiger partial charge in [0.15, 0.2) is 0 Å². The van der Waals surface area contributed by atoms with E-state index in [-0.39, 0.29) is 11.2 Å². The Hall–Kier alpha value is -3.85. The molecule has 1 saturated heterocycles. The lowest BCUT2D eigenvalue weighted by atomic mass is 9.91. The first-order chi connectivity index (χ1) is 18.0. The Bertz CT molecular complexity index is 1640. The Kier molecular flexibility index (Phi) is 4.88. The number of fused-ring (bicyclic) bond motifs is 3. The summed E-state index contributed by atoms with van der Waals surface area (Å²) in [6.07, 6.45) is 4.65. The van der Waals surface area contributed by atoms with Crippen LogP contribution in [0.25, 0.3) is 33.5 Å². The van der Waals surface area contributed by atoms with E-state index in [0.717, 1.165) is 58.7 Å². The highest BCUT2D eigenvalue weighted by Gasteiger charge is 2.66. The highest BCUT2D eigenvalue weighted by molar-refractivity contribution is 5.91. The highest BCUT2D eigenvalue weighted by Crippen LogP contribution is 2.63. The van der Waals surface area contributed by atoms with Crippen molar-refractivity contribution < 1.29 is 4.39 Å². The quantitative estimate of drug-likeness (QED) is 0.373. The van der Waals surface area contributed by atoms with E-state index in [1.165, 1.54) is 6.07 Å². The van der Waals surface area contributed by atoms with E-state index < -0.39 is 0 Å². The number of rotatable bonds is 5. The number of aromatic amines is 1. The van der Waals surface area contributed by atoms with Crippen LogP contribution in [0.5, 0.6) is 0 Å². The lowest BCUT2D eigenvalue weighted by molar-refractivity contribution is 0.533. The second kappa shape index (κ2) is 8.08. The van der Waals surface area contributed by atoms with E-state index in [1.807, 2.05) is 24.7 Å². The number of piperidine rings is 1. The number of benzene rings is 2. The van der Waals surface area contributed by atoms with Crippen LogP contribution < -0.4 is 10.6 Å². The maximum atomic E-state index is 14.7. The van der Waals surface area contributed by atoms with Gasteiger partial charge >= 0.3 is 0 Å². The van der Waals surface area contributed by atoms with Gasteiger partial charge in [0, 0.05) is 36.7 Å². The number of anilines is 1. The summed E-state index contributed by atoms with van der Waals surface area (Å²) >= 11 is 0. The molecule has 188 valence electrons. The number of aromatic nitrogens is 6. The molecular formula is C28H29FN8. The Labute approximate surface area is 213 Å². The summed E-state index contributed by atoms with van der Waals surface area (Å²) in [5.41, 5.74) is 11.9. The first-order valence-electron chi connectivity index (χ1n) is 12.9. The van der Waals surface area contributed by atoms with E-state index in [0.29, 0.717) is 30.1 Å². The molecule has 0 spiro atoms. The Morgan fingerprint density at radius 3 is 2.84 bits per heavy atom. The van der Waals surface area contributed by atoms with Gasteiger partial charge in [-0.1, -0.05) is 24.3 Å². The zero-order valence-corrected chi connectivity index (χ0v) is 20.9. The maximum absolute atomic E-state index is 14.7. The van der Waals surface area contributed by atoms with E-state index >= 15 is 0 Å². The Morgan fingerprint density at radius 2 is 2.03 bits per heavy atom. The van der Waals surface area contributed by atoms with Gasteiger partial charge < -0.3 is 15.2 Å². The number of hydrogen-bond donors (Lipinski definition) is 2. The van der Waals surface area contributed by atoms with Crippen LogP contribution in [-0.2, 0) is 5.41 Å². The average molecular weight is 497 g/mol. The molecule has 37 heavy (non-hydrogen) atoms. The normalized spacial score (nSPS) is 23.2. The monoisotopic (exact) mass is 496 g/mol. The van der Waals surface area contributed by atoms with Gasteiger partial charge in [-0.25, -0.2) is 19.3 Å². The minimum absolute atomic E-state index is 0.159. The third kappa shape index (κ3) is 3.23. The fourth-order valence-corrected chi connectivity index (χ4v) is 6.57. The summed E-state index contributed by atoms with van der Waals surface area (Å²) < 4.78 is 16.9. The van der Waals surface area contributed by atoms with Crippen molar-refractivity contribution in [1.29, 1.82) is 0 Å². The molecular weight excluding hydrogens is 467 g/mol. The SMILES string of the molecule is CC(C)n1cnc2cc(-c3[nH]nc4nc(N5CC[C@@H]6[C@H](C5)[C@@]6(CN)c5ccccc5F)cnc34)ccc21. The van der Waals surface area contributed by atoms with Crippen molar-refractivity contribution in [2.45, 2.75) is 31.7 Å². The van der Waals surface area contributed by atoms with Crippen molar-refractivity contribution in [3.63, 3.8) is 0 Å². The molecule has 0 amide bonds. The maximum Gasteiger partial charge on any atom is 0.202 e. The molecule has 1 aliphatic carbocycles. The minimum Gasteiger partial charge on any atom is -0.355 e. The third-order valence-corrected chi connectivity index (χ3v) is 8.54. The summed E-state index contributed by atoms with van der Waals surface area (Å²) in [6, 6.07) is 13.6. The number of nitrogens with one attached hydrogen (secondary N) is 1. The molecule has 2 aromatic carbocycles. The number of hydrogen-bond acceptors (Lipinski definition) is 6. The number of nitrogens with zero attached hydrogens (tertiary/aromatic N) is 6. The number of imidazole rings is 1. The van der Waals surface area contributed by atoms with Gasteiger partial charge in [0.2, 0.25) is 5.65 Å². The molecule has 0 radical (unpaired) electrons. The number of H-pyrrole nitrogens is 1. The number of halogens is 1. The predicted octanol–water partition coefficient (Wildman–Crippen LogP) is 4.44. The average Bonchev–Trinajstić information content (AvgIpc) is 3.19. The molecule has 2 fully saturated rings. The van der Waals surface area contributed by atoms with E-state index in [1.54, 1.807) is 6.07 Å². The van der Waals surface area contributed by atoms with E-state index in [4.69, 9.17) is 15.7 Å². The largest absolute Gasteiger partial charge is 0.355 e. The van der Waals surface area contributed by atoms with Crippen LogP contribution in [0.4, 0.5) is 10.2 Å². The molecule has 3 N–H and O–H groups in total. The Balaban J connectivity index is 1.17. The van der Waals surface area contributed by atoms with Crippen LogP contribution in [0.1, 0.15) is 31.9 Å². The van der Waals surface area contributed by atoms with Crippen molar-refractivity contribution in [3.05, 3.63) is 66.4 Å². The molecule has 5 aromatic rings. The third-order valence-electron chi connectivity index (χ3n) is 8.54. The standard InChI is InChI=1S/C28H29FN8/c1-16(2)37-15-32-22-11-17(7-8-23(22)37)25-26-27(35-34-25)33-24(12-31-26)36-10-9-18-20(13-36)28(18,14-30)19-5-3-4-6-21(19)29/h3-8,11-12,15-16,18,20H,9-10,13-14,30H2,1-2H3,(H,33,34,35)/t18-,20+,28-/m1/s1. The molecule has 0 unspecified atom stereocenters. The fourth-order valence-electron chi connectivity index (χ4n) is 6.57. The van der Waals surface area contributed by atoms with Crippen molar-refractivity contribution >= 4 is 28.0 Å². The summed E-state index contributed by atoms with van der Waals surface area (Å²) in [6.45, 7) is 6.36. The summed E-state index contributed by atoms with van der Waals surface area (Å²) in [5.74, 6) is 1.33. The topological polar surface area (TPSA) is 102 Å². The zero-order valence-electron chi connectivity index (χ0n) is 20.9. The zero-order chi connectivity index (χ0) is 25.3. The van der Waals surface area contributed by atoms with Gasteiger partial charge in [0.1, 0.15) is 17.2 Å². The molecule has 9 heteroatoms. The fraction of sp³-hybridized carbons (Fsp3) is 0.357. The molecule has 3 atom stereocenters. The Morgan fingerprint density at radius 1 is 1.16 bits per heavy atom. The lowest BCUT2D eigenvalue weighted by Gasteiger charge is -2.26. The number of nitrogens with two attached hydrogens (primary N) is 1. The minimum atomic E-state index is -0.293. The first kappa shape index (κ1) is 22.4. The van der Waals surface area contributed by atoms with E-state index in [2.05, 4.69) is 56.7 Å². The van der Waals surface area contributed by atoms with Crippen LogP contribution in [0.3, 0.4) is 0 Å². The van der Waals surface area contributed by atoms with E-state index in [9.17, 15) is 4.39 Å². The van der Waals surface area contributed by atoms with Crippen LogP contribution >= 0.6 is 0 Å². The summed E-state index contributed by atoms with van der Waals surface area (Å²) in [5, 5.41) is 7.61. The molecule has 3 aromatic heterocycles. The van der Waals surface area contributed by atoms with Crippen LogP contribution in [-0.4, -0.2) is 49.4 Å². The smallest absolute Gasteiger partial charge is 0.202 e. The molecule has 1 saturated carbocycles. The van der Waals surface area contributed by atoms with Gasteiger partial charge in [0.05, 0.1) is 29.3 Å². The molecule has 1 aliphatic heterocycles. The summed E-state index contributed by atoms with van der Waals surface area (Å²) in [4.78, 5) is 16.4. The van der Waals surface area contributed by atoms with Crippen molar-refractivity contribution in [1.82, 2.24) is 29.7 Å². The van der Waals surface area contributed by atoms with Crippen molar-refractivity contribution in [2.24, 2.45) is 17.6 Å². The molecule has 0 bridgehead atoms. The summed E-state index contributed by atoms with van der Waals surface area (Å²) in [7, 11) is 0. The van der Waals surface area contributed by atoms with Gasteiger partial charge in [-0.05, 0) is 55.9 Å². The van der Waals surface area contributed by atoms with Gasteiger partial charge in [-0.2, -0.15) is 5.10 Å². The highest BCUT2D eigenvalue weighted by atomic mass is 19.1. The van der Waals surface area contributed by atoms with Crippen molar-refractivity contribution in [3.8, 4) is 11.3 Å². The molecule has 7 rings (SSSR count). The second-order valence-electron chi connectivity index (χ2n) is 10.6. The van der Waals surface area contributed by atoms with Crippen LogP contribution in [0.2, 0.25) is 0 Å². The second-order valence-corrected chi connectivity index (χ2v) is 10.6.